The molecule has 0 aliphatic carbocycles. The Kier molecular flexibility index (Phi) is 5.40. The molecule has 0 N–H and O–H groups in total. The van der Waals surface area contributed by atoms with Gasteiger partial charge in [-0.25, -0.2) is 4.79 Å². The molecule has 0 radical (unpaired) electrons. The van der Waals surface area contributed by atoms with Crippen LogP contribution in [0.4, 0.5) is 13.2 Å². The molecule has 0 bridgehead atoms. The maximum absolute atomic E-state index is 13.1. The number of fused-ring (bicyclic) bond motifs is 1. The van der Waals surface area contributed by atoms with Crippen molar-refractivity contribution in [1.29, 1.82) is 0 Å². The molecule has 8 heteroatoms. The second-order valence-corrected chi connectivity index (χ2v) is 6.67. The summed E-state index contributed by atoms with van der Waals surface area (Å²) in [6.07, 6.45) is -4.49. The largest absolute Gasteiger partial charge is 0.461 e. The molecular weight excluding hydrogens is 402 g/mol. The van der Waals surface area contributed by atoms with Gasteiger partial charge < -0.3 is 9.30 Å². The highest BCUT2D eigenvalue weighted by atomic mass is 35.5. The zero-order valence-corrected chi connectivity index (χ0v) is 15.6. The van der Waals surface area contributed by atoms with E-state index in [0.29, 0.717) is 21.0 Å². The number of halogens is 5. The quantitative estimate of drug-likeness (QED) is 0.475. The number of rotatable bonds is 4. The Balaban J connectivity index is 2.16. The maximum atomic E-state index is 13.1. The molecule has 0 amide bonds. The molecule has 0 saturated heterocycles. The lowest BCUT2D eigenvalue weighted by atomic mass is 10.1. The van der Waals surface area contributed by atoms with Gasteiger partial charge in [0.15, 0.2) is 0 Å². The van der Waals surface area contributed by atoms with Gasteiger partial charge in [0.25, 0.3) is 0 Å². The molecule has 0 fully saturated rings. The van der Waals surface area contributed by atoms with Crippen molar-refractivity contribution in [2.24, 2.45) is 0 Å². The first-order valence-electron chi connectivity index (χ1n) is 8.02. The molecule has 3 nitrogen and oxygen atoms in total. The minimum absolute atomic E-state index is 0.135. The van der Waals surface area contributed by atoms with Gasteiger partial charge in [0, 0.05) is 17.4 Å². The molecule has 27 heavy (non-hydrogen) atoms. The number of ether oxygens (including phenoxy) is 1. The van der Waals surface area contributed by atoms with Crippen LogP contribution in [0.25, 0.3) is 10.9 Å². The fourth-order valence-electron chi connectivity index (χ4n) is 2.80. The van der Waals surface area contributed by atoms with E-state index in [1.807, 2.05) is 0 Å². The molecule has 2 aromatic carbocycles. The van der Waals surface area contributed by atoms with Crippen molar-refractivity contribution in [2.45, 2.75) is 19.6 Å². The van der Waals surface area contributed by atoms with E-state index in [9.17, 15) is 18.0 Å². The standard InChI is InChI=1S/C19H14Cl2F3NO2/c1-2-27-18(26)17-8-12-4-5-13(19(22,23)24)9-16(12)25(17)10-11-3-6-14(20)15(21)7-11/h3-9H,2,10H2,1H3. The van der Waals surface area contributed by atoms with Crippen LogP contribution < -0.4 is 0 Å². The van der Waals surface area contributed by atoms with Crippen LogP contribution in [-0.4, -0.2) is 17.1 Å². The number of hydrogen-bond acceptors (Lipinski definition) is 2. The minimum Gasteiger partial charge on any atom is -0.461 e. The van der Waals surface area contributed by atoms with Gasteiger partial charge in [-0.15, -0.1) is 0 Å². The molecule has 3 rings (SSSR count). The number of nitrogens with zero attached hydrogens (tertiary/aromatic N) is 1. The summed E-state index contributed by atoms with van der Waals surface area (Å²) in [5.41, 5.74) is 0.333. The third-order valence-corrected chi connectivity index (χ3v) is 4.78. The van der Waals surface area contributed by atoms with E-state index in [4.69, 9.17) is 27.9 Å². The first-order chi connectivity index (χ1) is 12.7. The number of carbonyl (C=O) groups excluding carboxylic acids is 1. The Morgan fingerprint density at radius 1 is 1.07 bits per heavy atom. The highest BCUT2D eigenvalue weighted by Gasteiger charge is 2.31. The van der Waals surface area contributed by atoms with E-state index in [-0.39, 0.29) is 24.4 Å². The van der Waals surface area contributed by atoms with Crippen LogP contribution in [0.1, 0.15) is 28.5 Å². The van der Waals surface area contributed by atoms with Gasteiger partial charge in [-0.3, -0.25) is 0 Å². The average molecular weight is 416 g/mol. The SMILES string of the molecule is CCOC(=O)c1cc2ccc(C(F)(F)F)cc2n1Cc1ccc(Cl)c(Cl)c1. The van der Waals surface area contributed by atoms with Crippen molar-refractivity contribution in [3.63, 3.8) is 0 Å². The summed E-state index contributed by atoms with van der Waals surface area (Å²) in [6, 6.07) is 9.77. The molecular formula is C19H14Cl2F3NO2. The third kappa shape index (κ3) is 4.06. The van der Waals surface area contributed by atoms with Crippen LogP contribution in [-0.2, 0) is 17.5 Å². The molecule has 0 aliphatic heterocycles. The van der Waals surface area contributed by atoms with Gasteiger partial charge in [0.2, 0.25) is 0 Å². The molecule has 142 valence electrons. The summed E-state index contributed by atoms with van der Waals surface area (Å²) in [5, 5.41) is 1.19. The summed E-state index contributed by atoms with van der Waals surface area (Å²) >= 11 is 11.9. The number of hydrogen-bond donors (Lipinski definition) is 0. The van der Waals surface area contributed by atoms with Gasteiger partial charge in [-0.2, -0.15) is 13.2 Å². The Hall–Kier alpha value is -2.18. The maximum Gasteiger partial charge on any atom is 0.416 e. The molecule has 0 spiro atoms. The Labute approximate surface area is 163 Å². The average Bonchev–Trinajstić information content (AvgIpc) is 2.95. The predicted molar refractivity (Wildman–Crippen MR) is 98.5 cm³/mol. The summed E-state index contributed by atoms with van der Waals surface area (Å²) in [4.78, 5) is 12.3. The zero-order valence-electron chi connectivity index (χ0n) is 14.1. The fourth-order valence-corrected chi connectivity index (χ4v) is 3.12. The Bertz CT molecular complexity index is 1010. The van der Waals surface area contributed by atoms with Crippen LogP contribution >= 0.6 is 23.2 Å². The molecule has 0 aliphatic rings. The highest BCUT2D eigenvalue weighted by molar-refractivity contribution is 6.42. The van der Waals surface area contributed by atoms with E-state index >= 15 is 0 Å². The normalized spacial score (nSPS) is 11.8. The summed E-state index contributed by atoms with van der Waals surface area (Å²) in [5.74, 6) is -0.609. The molecule has 1 heterocycles. The lowest BCUT2D eigenvalue weighted by Gasteiger charge is -2.12. The van der Waals surface area contributed by atoms with E-state index < -0.39 is 17.7 Å². The number of carbonyl (C=O) groups is 1. The van der Waals surface area contributed by atoms with Crippen LogP contribution in [0.5, 0.6) is 0 Å². The number of aromatic nitrogens is 1. The van der Waals surface area contributed by atoms with Crippen molar-refractivity contribution < 1.29 is 22.7 Å². The molecule has 0 unspecified atom stereocenters. The number of benzene rings is 2. The lowest BCUT2D eigenvalue weighted by molar-refractivity contribution is -0.137. The van der Waals surface area contributed by atoms with Crippen LogP contribution in [0, 0.1) is 0 Å². The van der Waals surface area contributed by atoms with Gasteiger partial charge >= 0.3 is 12.1 Å². The molecule has 0 saturated carbocycles. The molecule has 1 aromatic heterocycles. The van der Waals surface area contributed by atoms with E-state index in [1.54, 1.807) is 25.1 Å². The summed E-state index contributed by atoms with van der Waals surface area (Å²) in [7, 11) is 0. The first-order valence-corrected chi connectivity index (χ1v) is 8.78. The topological polar surface area (TPSA) is 31.2 Å². The second-order valence-electron chi connectivity index (χ2n) is 5.86. The highest BCUT2D eigenvalue weighted by Crippen LogP contribution is 2.33. The third-order valence-electron chi connectivity index (χ3n) is 4.04. The monoisotopic (exact) mass is 415 g/mol. The number of alkyl halides is 3. The predicted octanol–water partition coefficient (Wildman–Crippen LogP) is 6.19. The van der Waals surface area contributed by atoms with Crippen LogP contribution in [0.15, 0.2) is 42.5 Å². The number of esters is 1. The molecule has 0 atom stereocenters. The van der Waals surface area contributed by atoms with Crippen molar-refractivity contribution in [2.75, 3.05) is 6.61 Å². The van der Waals surface area contributed by atoms with Crippen molar-refractivity contribution in [3.05, 3.63) is 69.3 Å². The van der Waals surface area contributed by atoms with E-state index in [1.165, 1.54) is 16.7 Å². The van der Waals surface area contributed by atoms with Gasteiger partial charge in [0.1, 0.15) is 5.69 Å². The van der Waals surface area contributed by atoms with E-state index in [0.717, 1.165) is 12.1 Å². The lowest BCUT2D eigenvalue weighted by Crippen LogP contribution is -2.13. The van der Waals surface area contributed by atoms with Crippen molar-refractivity contribution in [3.8, 4) is 0 Å². The van der Waals surface area contributed by atoms with Gasteiger partial charge in [0.05, 0.1) is 22.2 Å². The fraction of sp³-hybridized carbons (Fsp3) is 0.211. The van der Waals surface area contributed by atoms with Gasteiger partial charge in [-0.05, 0) is 42.8 Å². The first kappa shape index (κ1) is 19.6. The second kappa shape index (κ2) is 7.44. The van der Waals surface area contributed by atoms with Gasteiger partial charge in [-0.1, -0.05) is 35.3 Å². The summed E-state index contributed by atoms with van der Waals surface area (Å²) < 4.78 is 45.9. The summed E-state index contributed by atoms with van der Waals surface area (Å²) in [6.45, 7) is 1.95. The minimum atomic E-state index is -4.49. The van der Waals surface area contributed by atoms with E-state index in [2.05, 4.69) is 0 Å². The van der Waals surface area contributed by atoms with Crippen LogP contribution in [0.2, 0.25) is 10.0 Å². The Morgan fingerprint density at radius 2 is 1.81 bits per heavy atom. The Morgan fingerprint density at radius 3 is 2.44 bits per heavy atom. The van der Waals surface area contributed by atoms with Crippen LogP contribution in [0.3, 0.4) is 0 Å². The zero-order chi connectivity index (χ0) is 19.8. The van der Waals surface area contributed by atoms with Crippen molar-refractivity contribution >= 4 is 40.1 Å². The smallest absolute Gasteiger partial charge is 0.416 e. The molecule has 3 aromatic rings. The van der Waals surface area contributed by atoms with Crippen molar-refractivity contribution in [1.82, 2.24) is 4.57 Å².